The van der Waals surface area contributed by atoms with E-state index in [1.54, 1.807) is 12.1 Å². The minimum atomic E-state index is -0.275. The van der Waals surface area contributed by atoms with Crippen LogP contribution in [0.3, 0.4) is 0 Å². The predicted octanol–water partition coefficient (Wildman–Crippen LogP) is 3.95. The van der Waals surface area contributed by atoms with Crippen molar-refractivity contribution < 1.29 is 14.6 Å². The Morgan fingerprint density at radius 2 is 1.71 bits per heavy atom. The van der Waals surface area contributed by atoms with E-state index in [1.165, 1.54) is 7.11 Å². The van der Waals surface area contributed by atoms with Gasteiger partial charge in [0, 0.05) is 0 Å². The second-order valence-electron chi connectivity index (χ2n) is 5.32. The third kappa shape index (κ3) is 3.07. The number of aryl methyl sites for hydroxylation is 2. The summed E-state index contributed by atoms with van der Waals surface area (Å²) in [6.45, 7) is 5.88. The van der Waals surface area contributed by atoms with E-state index < -0.39 is 0 Å². The molecule has 21 heavy (non-hydrogen) atoms. The molecule has 1 unspecified atom stereocenters. The zero-order chi connectivity index (χ0) is 15.6. The molecule has 0 aromatic heterocycles. The lowest BCUT2D eigenvalue weighted by molar-refractivity contribution is -0.142. The third-order valence-corrected chi connectivity index (χ3v) is 3.81. The number of ether oxygens (including phenoxy) is 1. The maximum atomic E-state index is 11.7. The van der Waals surface area contributed by atoms with Gasteiger partial charge in [-0.15, -0.1) is 0 Å². The molecule has 0 aliphatic heterocycles. The molecule has 1 atom stereocenters. The fourth-order valence-corrected chi connectivity index (χ4v) is 2.56. The Labute approximate surface area is 125 Å². The summed E-state index contributed by atoms with van der Waals surface area (Å²) in [5, 5.41) is 9.38. The molecule has 3 heteroatoms. The summed E-state index contributed by atoms with van der Waals surface area (Å²) < 4.78 is 4.82. The van der Waals surface area contributed by atoms with Gasteiger partial charge >= 0.3 is 5.97 Å². The van der Waals surface area contributed by atoms with E-state index in [2.05, 4.69) is 6.07 Å². The Morgan fingerprint density at radius 3 is 2.29 bits per heavy atom. The lowest BCUT2D eigenvalue weighted by Crippen LogP contribution is -2.12. The van der Waals surface area contributed by atoms with Crippen molar-refractivity contribution in [2.75, 3.05) is 7.11 Å². The highest BCUT2D eigenvalue weighted by Gasteiger charge is 2.19. The highest BCUT2D eigenvalue weighted by Crippen LogP contribution is 2.31. The summed E-state index contributed by atoms with van der Waals surface area (Å²) in [7, 11) is 1.41. The minimum absolute atomic E-state index is 0.227. The first-order chi connectivity index (χ1) is 9.93. The molecule has 0 aliphatic carbocycles. The second kappa shape index (κ2) is 6.00. The number of methoxy groups -OCH3 is 1. The molecule has 0 saturated carbocycles. The predicted molar refractivity (Wildman–Crippen MR) is 83.4 cm³/mol. The molecule has 0 amide bonds. The Balaban J connectivity index is 2.46. The Kier molecular flexibility index (Phi) is 4.32. The second-order valence-corrected chi connectivity index (χ2v) is 5.32. The van der Waals surface area contributed by atoms with E-state index in [4.69, 9.17) is 4.74 Å². The summed E-state index contributed by atoms with van der Waals surface area (Å²) in [4.78, 5) is 11.7. The van der Waals surface area contributed by atoms with Gasteiger partial charge in [-0.05, 0) is 60.7 Å². The molecule has 0 fully saturated rings. The minimum Gasteiger partial charge on any atom is -0.508 e. The standard InChI is InChI=1S/C18H20O3/c1-11-10-17(14-5-7-15(19)8-6-14)12(2)9-16(11)13(3)18(20)21-4/h5-10,13,19H,1-4H3. The number of hydrogen-bond acceptors (Lipinski definition) is 3. The molecule has 1 N–H and O–H groups in total. The summed E-state index contributed by atoms with van der Waals surface area (Å²) >= 11 is 0. The lowest BCUT2D eigenvalue weighted by atomic mass is 9.90. The number of benzene rings is 2. The van der Waals surface area contributed by atoms with Gasteiger partial charge in [0.05, 0.1) is 13.0 Å². The van der Waals surface area contributed by atoms with Crippen LogP contribution in [0.25, 0.3) is 11.1 Å². The molecule has 110 valence electrons. The van der Waals surface area contributed by atoms with Crippen molar-refractivity contribution in [3.8, 4) is 16.9 Å². The van der Waals surface area contributed by atoms with Crippen LogP contribution < -0.4 is 0 Å². The van der Waals surface area contributed by atoms with Crippen molar-refractivity contribution in [2.24, 2.45) is 0 Å². The molecule has 0 saturated heterocycles. The van der Waals surface area contributed by atoms with E-state index in [9.17, 15) is 9.90 Å². The SMILES string of the molecule is COC(=O)C(C)c1cc(C)c(-c2ccc(O)cc2)cc1C. The first kappa shape index (κ1) is 15.1. The molecular weight excluding hydrogens is 264 g/mol. The van der Waals surface area contributed by atoms with Crippen molar-refractivity contribution in [1.82, 2.24) is 0 Å². The van der Waals surface area contributed by atoms with Gasteiger partial charge in [-0.3, -0.25) is 4.79 Å². The maximum Gasteiger partial charge on any atom is 0.312 e. The number of carbonyl (C=O) groups is 1. The number of phenolic OH excluding ortho intramolecular Hbond substituents is 1. The van der Waals surface area contributed by atoms with E-state index in [0.717, 1.165) is 27.8 Å². The summed E-state index contributed by atoms with van der Waals surface area (Å²) in [5.74, 6) is -0.249. The molecule has 0 heterocycles. The average Bonchev–Trinajstić information content (AvgIpc) is 2.48. The average molecular weight is 284 g/mol. The van der Waals surface area contributed by atoms with Gasteiger partial charge in [-0.1, -0.05) is 24.3 Å². The van der Waals surface area contributed by atoms with Crippen molar-refractivity contribution in [3.05, 3.63) is 53.1 Å². The highest BCUT2D eigenvalue weighted by atomic mass is 16.5. The lowest BCUT2D eigenvalue weighted by Gasteiger charge is -2.16. The fourth-order valence-electron chi connectivity index (χ4n) is 2.56. The number of rotatable bonds is 3. The van der Waals surface area contributed by atoms with Crippen LogP contribution in [0.4, 0.5) is 0 Å². The van der Waals surface area contributed by atoms with Gasteiger partial charge in [0.2, 0.25) is 0 Å². The largest absolute Gasteiger partial charge is 0.508 e. The number of phenols is 1. The number of esters is 1. The number of hydrogen-bond donors (Lipinski definition) is 1. The first-order valence-corrected chi connectivity index (χ1v) is 6.92. The van der Waals surface area contributed by atoms with Crippen LogP contribution in [0.15, 0.2) is 36.4 Å². The third-order valence-electron chi connectivity index (χ3n) is 3.81. The summed E-state index contributed by atoms with van der Waals surface area (Å²) in [6, 6.07) is 11.3. The Hall–Kier alpha value is -2.29. The van der Waals surface area contributed by atoms with E-state index >= 15 is 0 Å². The van der Waals surface area contributed by atoms with E-state index in [1.807, 2.05) is 39.0 Å². The molecule has 3 nitrogen and oxygen atoms in total. The molecule has 2 aromatic carbocycles. The summed E-state index contributed by atoms with van der Waals surface area (Å²) in [6.07, 6.45) is 0. The van der Waals surface area contributed by atoms with Gasteiger partial charge in [0.25, 0.3) is 0 Å². The van der Waals surface area contributed by atoms with Crippen LogP contribution in [-0.2, 0) is 9.53 Å². The van der Waals surface area contributed by atoms with Gasteiger partial charge in [0.1, 0.15) is 5.75 Å². The normalized spacial score (nSPS) is 12.0. The Bertz CT molecular complexity index is 657. The monoisotopic (exact) mass is 284 g/mol. The molecule has 0 aliphatic rings. The van der Waals surface area contributed by atoms with Gasteiger partial charge in [-0.2, -0.15) is 0 Å². The highest BCUT2D eigenvalue weighted by molar-refractivity contribution is 5.79. The smallest absolute Gasteiger partial charge is 0.312 e. The molecule has 2 rings (SSSR count). The quantitative estimate of drug-likeness (QED) is 0.868. The van der Waals surface area contributed by atoms with Crippen LogP contribution in [0.1, 0.15) is 29.5 Å². The zero-order valence-electron chi connectivity index (χ0n) is 12.8. The van der Waals surface area contributed by atoms with Crippen molar-refractivity contribution in [1.29, 1.82) is 0 Å². The van der Waals surface area contributed by atoms with Crippen molar-refractivity contribution in [3.63, 3.8) is 0 Å². The van der Waals surface area contributed by atoms with Gasteiger partial charge in [0.15, 0.2) is 0 Å². The molecule has 0 spiro atoms. The molecule has 0 bridgehead atoms. The fraction of sp³-hybridized carbons (Fsp3) is 0.278. The maximum absolute atomic E-state index is 11.7. The molecular formula is C18H20O3. The van der Waals surface area contributed by atoms with Gasteiger partial charge < -0.3 is 9.84 Å². The van der Waals surface area contributed by atoms with Crippen LogP contribution >= 0.6 is 0 Å². The van der Waals surface area contributed by atoms with Crippen LogP contribution in [-0.4, -0.2) is 18.2 Å². The zero-order valence-corrected chi connectivity index (χ0v) is 12.8. The van der Waals surface area contributed by atoms with E-state index in [-0.39, 0.29) is 17.6 Å². The van der Waals surface area contributed by atoms with Crippen molar-refractivity contribution >= 4 is 5.97 Å². The van der Waals surface area contributed by atoms with Crippen LogP contribution in [0, 0.1) is 13.8 Å². The topological polar surface area (TPSA) is 46.5 Å². The first-order valence-electron chi connectivity index (χ1n) is 6.92. The van der Waals surface area contributed by atoms with Crippen LogP contribution in [0.2, 0.25) is 0 Å². The molecule has 0 radical (unpaired) electrons. The Morgan fingerprint density at radius 1 is 1.10 bits per heavy atom. The summed E-state index contributed by atoms with van der Waals surface area (Å²) in [5.41, 5.74) is 5.29. The number of aromatic hydroxyl groups is 1. The van der Waals surface area contributed by atoms with Crippen molar-refractivity contribution in [2.45, 2.75) is 26.7 Å². The molecule has 2 aromatic rings. The van der Waals surface area contributed by atoms with E-state index in [0.29, 0.717) is 0 Å². The number of carbonyl (C=O) groups excluding carboxylic acids is 1. The van der Waals surface area contributed by atoms with Crippen LogP contribution in [0.5, 0.6) is 5.75 Å². The van der Waals surface area contributed by atoms with Gasteiger partial charge in [-0.25, -0.2) is 0 Å².